The van der Waals surface area contributed by atoms with E-state index in [2.05, 4.69) is 5.32 Å². The Bertz CT molecular complexity index is 897. The minimum absolute atomic E-state index is 0.283. The van der Waals surface area contributed by atoms with Crippen LogP contribution >= 0.6 is 0 Å². The topological polar surface area (TPSA) is 84.9 Å². The second-order valence-electron chi connectivity index (χ2n) is 6.26. The van der Waals surface area contributed by atoms with Crippen molar-refractivity contribution in [3.63, 3.8) is 0 Å². The van der Waals surface area contributed by atoms with Crippen LogP contribution in [0.4, 0.5) is 5.69 Å². The van der Waals surface area contributed by atoms with Gasteiger partial charge in [-0.2, -0.15) is 0 Å². The third-order valence-electron chi connectivity index (χ3n) is 4.10. The summed E-state index contributed by atoms with van der Waals surface area (Å²) in [5.41, 5.74) is 1.26. The van der Waals surface area contributed by atoms with Gasteiger partial charge in [-0.1, -0.05) is 18.2 Å². The first-order chi connectivity index (χ1) is 13.2. The lowest BCUT2D eigenvalue weighted by Gasteiger charge is -2.23. The van der Waals surface area contributed by atoms with Gasteiger partial charge in [-0.15, -0.1) is 0 Å². The van der Waals surface area contributed by atoms with Gasteiger partial charge >= 0.3 is 0 Å². The highest BCUT2D eigenvalue weighted by Gasteiger charge is 2.22. The molecule has 0 saturated heterocycles. The van der Waals surface area contributed by atoms with E-state index in [1.165, 1.54) is 0 Å². The summed E-state index contributed by atoms with van der Waals surface area (Å²) in [6.45, 7) is 3.81. The van der Waals surface area contributed by atoms with Crippen molar-refractivity contribution in [1.82, 2.24) is 5.32 Å². The maximum Gasteiger partial charge on any atom is 0.241 e. The third kappa shape index (κ3) is 5.88. The molecule has 1 atom stereocenters. The average Bonchev–Trinajstić information content (AvgIpc) is 2.65. The summed E-state index contributed by atoms with van der Waals surface area (Å²) in [4.78, 5) is 12.5. The standard InChI is InChI=1S/C20H26N2O5S/c1-5-27-19-8-6-7-17(13-19)22(28(4,24)25)14-20(23)21-15(2)16-9-11-18(26-3)12-10-16/h6-13,15H,5,14H2,1-4H3,(H,21,23)/t15-/m0/s1. The minimum atomic E-state index is -3.65. The Morgan fingerprint density at radius 2 is 1.82 bits per heavy atom. The van der Waals surface area contributed by atoms with Crippen LogP contribution in [0.3, 0.4) is 0 Å². The number of nitrogens with one attached hydrogen (secondary N) is 1. The first kappa shape index (κ1) is 21.6. The Balaban J connectivity index is 2.13. The van der Waals surface area contributed by atoms with E-state index in [0.29, 0.717) is 18.0 Å². The van der Waals surface area contributed by atoms with Crippen LogP contribution in [0.1, 0.15) is 25.5 Å². The molecule has 0 bridgehead atoms. The van der Waals surface area contributed by atoms with E-state index in [1.807, 2.05) is 26.0 Å². The van der Waals surface area contributed by atoms with Crippen molar-refractivity contribution in [1.29, 1.82) is 0 Å². The fourth-order valence-corrected chi connectivity index (χ4v) is 3.54. The van der Waals surface area contributed by atoms with Crippen LogP contribution in [-0.2, 0) is 14.8 Å². The molecule has 1 N–H and O–H groups in total. The molecule has 0 saturated carbocycles. The number of benzene rings is 2. The average molecular weight is 407 g/mol. The number of carbonyl (C=O) groups is 1. The van der Waals surface area contributed by atoms with Crippen LogP contribution < -0.4 is 19.1 Å². The molecule has 2 aromatic carbocycles. The van der Waals surface area contributed by atoms with Crippen molar-refractivity contribution in [2.45, 2.75) is 19.9 Å². The van der Waals surface area contributed by atoms with Crippen LogP contribution in [0.2, 0.25) is 0 Å². The van der Waals surface area contributed by atoms with Crippen LogP contribution in [0, 0.1) is 0 Å². The molecule has 0 radical (unpaired) electrons. The molecule has 8 heteroatoms. The van der Waals surface area contributed by atoms with Gasteiger partial charge in [0.1, 0.15) is 18.0 Å². The SMILES string of the molecule is CCOc1cccc(N(CC(=O)N[C@@H](C)c2ccc(OC)cc2)S(C)(=O)=O)c1. The van der Waals surface area contributed by atoms with E-state index in [9.17, 15) is 13.2 Å². The maximum absolute atomic E-state index is 12.5. The molecule has 0 fully saturated rings. The van der Waals surface area contributed by atoms with Gasteiger partial charge in [0.2, 0.25) is 15.9 Å². The molecule has 0 heterocycles. The van der Waals surface area contributed by atoms with Crippen molar-refractivity contribution in [2.24, 2.45) is 0 Å². The van der Waals surface area contributed by atoms with E-state index in [0.717, 1.165) is 21.9 Å². The van der Waals surface area contributed by atoms with E-state index in [4.69, 9.17) is 9.47 Å². The van der Waals surface area contributed by atoms with Crippen molar-refractivity contribution in [2.75, 3.05) is 30.8 Å². The Labute approximate surface area is 166 Å². The van der Waals surface area contributed by atoms with Gasteiger partial charge in [0.15, 0.2) is 0 Å². The summed E-state index contributed by atoms with van der Waals surface area (Å²) in [5.74, 6) is 0.857. The van der Waals surface area contributed by atoms with Crippen LogP contribution in [0.15, 0.2) is 48.5 Å². The molecule has 1 amide bonds. The van der Waals surface area contributed by atoms with Gasteiger partial charge in [0.05, 0.1) is 31.7 Å². The number of hydrogen-bond donors (Lipinski definition) is 1. The first-order valence-electron chi connectivity index (χ1n) is 8.88. The van der Waals surface area contributed by atoms with Gasteiger partial charge in [0.25, 0.3) is 0 Å². The lowest BCUT2D eigenvalue weighted by atomic mass is 10.1. The van der Waals surface area contributed by atoms with E-state index in [1.54, 1.807) is 43.5 Å². The fraction of sp³-hybridized carbons (Fsp3) is 0.350. The Kier molecular flexibility index (Phi) is 7.28. The minimum Gasteiger partial charge on any atom is -0.497 e. The zero-order valence-electron chi connectivity index (χ0n) is 16.5. The normalized spacial score (nSPS) is 12.1. The van der Waals surface area contributed by atoms with E-state index in [-0.39, 0.29) is 12.6 Å². The highest BCUT2D eigenvalue weighted by Crippen LogP contribution is 2.23. The Hall–Kier alpha value is -2.74. The van der Waals surface area contributed by atoms with Gasteiger partial charge < -0.3 is 14.8 Å². The molecule has 2 aromatic rings. The van der Waals surface area contributed by atoms with E-state index >= 15 is 0 Å². The molecule has 152 valence electrons. The maximum atomic E-state index is 12.5. The number of amides is 1. The Morgan fingerprint density at radius 1 is 1.14 bits per heavy atom. The molecule has 0 unspecified atom stereocenters. The zero-order chi connectivity index (χ0) is 20.7. The number of carbonyl (C=O) groups excluding carboxylic acids is 1. The van der Waals surface area contributed by atoms with Crippen LogP contribution in [0.25, 0.3) is 0 Å². The van der Waals surface area contributed by atoms with Gasteiger partial charge in [-0.3, -0.25) is 9.10 Å². The van der Waals surface area contributed by atoms with Gasteiger partial charge in [0, 0.05) is 6.07 Å². The zero-order valence-corrected chi connectivity index (χ0v) is 17.3. The summed E-state index contributed by atoms with van der Waals surface area (Å²) in [5, 5.41) is 2.83. The summed E-state index contributed by atoms with van der Waals surface area (Å²) < 4.78 is 36.1. The molecule has 0 spiro atoms. The highest BCUT2D eigenvalue weighted by molar-refractivity contribution is 7.92. The van der Waals surface area contributed by atoms with Crippen molar-refractivity contribution in [3.05, 3.63) is 54.1 Å². The Morgan fingerprint density at radius 3 is 2.39 bits per heavy atom. The second kappa shape index (κ2) is 9.45. The molecular weight excluding hydrogens is 380 g/mol. The molecule has 2 rings (SSSR count). The number of anilines is 1. The number of hydrogen-bond acceptors (Lipinski definition) is 5. The molecule has 0 aliphatic carbocycles. The number of methoxy groups -OCH3 is 1. The monoisotopic (exact) mass is 406 g/mol. The van der Waals surface area contributed by atoms with Crippen LogP contribution in [-0.4, -0.2) is 40.8 Å². The molecule has 0 aliphatic rings. The van der Waals surface area contributed by atoms with Crippen LogP contribution in [0.5, 0.6) is 11.5 Å². The molecule has 28 heavy (non-hydrogen) atoms. The van der Waals surface area contributed by atoms with E-state index < -0.39 is 15.9 Å². The number of ether oxygens (including phenoxy) is 2. The predicted octanol–water partition coefficient (Wildman–Crippen LogP) is 2.74. The molecular formula is C20H26N2O5S. The summed E-state index contributed by atoms with van der Waals surface area (Å²) in [7, 11) is -2.07. The highest BCUT2D eigenvalue weighted by atomic mass is 32.2. The quantitative estimate of drug-likeness (QED) is 0.692. The first-order valence-corrected chi connectivity index (χ1v) is 10.7. The number of nitrogens with zero attached hydrogens (tertiary/aromatic N) is 1. The van der Waals surface area contributed by atoms with Crippen molar-refractivity contribution >= 4 is 21.6 Å². The third-order valence-corrected chi connectivity index (χ3v) is 5.24. The van der Waals surface area contributed by atoms with Crippen molar-refractivity contribution < 1.29 is 22.7 Å². The largest absolute Gasteiger partial charge is 0.497 e. The lowest BCUT2D eigenvalue weighted by molar-refractivity contribution is -0.120. The second-order valence-corrected chi connectivity index (χ2v) is 8.17. The summed E-state index contributed by atoms with van der Waals surface area (Å²) in [6.07, 6.45) is 1.07. The number of sulfonamides is 1. The van der Waals surface area contributed by atoms with Gasteiger partial charge in [-0.05, 0) is 43.7 Å². The van der Waals surface area contributed by atoms with Crippen molar-refractivity contribution in [3.8, 4) is 11.5 Å². The molecule has 0 aliphatic heterocycles. The lowest BCUT2D eigenvalue weighted by Crippen LogP contribution is -2.41. The van der Waals surface area contributed by atoms with Gasteiger partial charge in [-0.25, -0.2) is 8.42 Å². The smallest absolute Gasteiger partial charge is 0.241 e. The summed E-state index contributed by atoms with van der Waals surface area (Å²) >= 11 is 0. The molecule has 0 aromatic heterocycles. The predicted molar refractivity (Wildman–Crippen MR) is 109 cm³/mol. The molecule has 7 nitrogen and oxygen atoms in total. The number of rotatable bonds is 9. The summed E-state index contributed by atoms with van der Waals surface area (Å²) in [6, 6.07) is 13.7. The fourth-order valence-electron chi connectivity index (χ4n) is 2.69.